The summed E-state index contributed by atoms with van der Waals surface area (Å²) in [6.45, 7) is 5.78. The lowest BCUT2D eigenvalue weighted by Gasteiger charge is -2.26. The zero-order chi connectivity index (χ0) is 15.3. The zero-order valence-electron chi connectivity index (χ0n) is 12.3. The molecule has 1 atom stereocenters. The van der Waals surface area contributed by atoms with Gasteiger partial charge in [0, 0.05) is 13.0 Å². The number of para-hydroxylation sites is 1. The van der Waals surface area contributed by atoms with E-state index in [1.54, 1.807) is 12.1 Å². The van der Waals surface area contributed by atoms with Crippen molar-refractivity contribution in [1.82, 2.24) is 5.32 Å². The standard InChI is InChI=1S/C15H21ClN2O3/c1-11(9-15(2)20-7-8-21-15)10-17-14(19)18-13-6-4-3-5-12(13)16/h3-6,11H,7-10H2,1-2H3,(H2,17,18,19)/t11-/m1/s1. The molecule has 1 aromatic carbocycles. The molecule has 1 aromatic rings. The smallest absolute Gasteiger partial charge is 0.319 e. The van der Waals surface area contributed by atoms with E-state index in [-0.39, 0.29) is 11.9 Å². The Hall–Kier alpha value is -1.30. The summed E-state index contributed by atoms with van der Waals surface area (Å²) in [4.78, 5) is 11.8. The highest BCUT2D eigenvalue weighted by Gasteiger charge is 2.32. The molecule has 0 spiro atoms. The van der Waals surface area contributed by atoms with Crippen LogP contribution in [0.15, 0.2) is 24.3 Å². The van der Waals surface area contributed by atoms with Gasteiger partial charge in [0.15, 0.2) is 5.79 Å². The Morgan fingerprint density at radius 1 is 1.38 bits per heavy atom. The number of amides is 2. The molecule has 0 saturated carbocycles. The summed E-state index contributed by atoms with van der Waals surface area (Å²) in [5, 5.41) is 6.07. The maximum atomic E-state index is 11.8. The first-order chi connectivity index (χ1) is 9.98. The molecule has 2 amide bonds. The number of carbonyl (C=O) groups is 1. The topological polar surface area (TPSA) is 59.6 Å². The minimum Gasteiger partial charge on any atom is -0.348 e. The third kappa shape index (κ3) is 4.88. The van der Waals surface area contributed by atoms with Crippen molar-refractivity contribution in [2.45, 2.75) is 26.1 Å². The Labute approximate surface area is 130 Å². The summed E-state index contributed by atoms with van der Waals surface area (Å²) in [7, 11) is 0. The minimum atomic E-state index is -0.527. The van der Waals surface area contributed by atoms with Gasteiger partial charge in [0.05, 0.1) is 23.9 Å². The van der Waals surface area contributed by atoms with E-state index < -0.39 is 5.79 Å². The quantitative estimate of drug-likeness (QED) is 0.877. The van der Waals surface area contributed by atoms with Crippen LogP contribution < -0.4 is 10.6 Å². The van der Waals surface area contributed by atoms with Crippen LogP contribution in [0.5, 0.6) is 0 Å². The number of carbonyl (C=O) groups excluding carboxylic acids is 1. The molecule has 6 heteroatoms. The maximum absolute atomic E-state index is 11.8. The van der Waals surface area contributed by atoms with Gasteiger partial charge in [0.1, 0.15) is 0 Å². The number of hydrogen-bond donors (Lipinski definition) is 2. The highest BCUT2D eigenvalue weighted by atomic mass is 35.5. The Bertz CT molecular complexity index is 490. The van der Waals surface area contributed by atoms with Crippen molar-refractivity contribution in [3.63, 3.8) is 0 Å². The Morgan fingerprint density at radius 2 is 2.05 bits per heavy atom. The number of benzene rings is 1. The van der Waals surface area contributed by atoms with Crippen molar-refractivity contribution in [3.8, 4) is 0 Å². The highest BCUT2D eigenvalue weighted by molar-refractivity contribution is 6.33. The van der Waals surface area contributed by atoms with Crippen molar-refractivity contribution in [2.75, 3.05) is 25.1 Å². The van der Waals surface area contributed by atoms with Crippen LogP contribution >= 0.6 is 11.6 Å². The zero-order valence-corrected chi connectivity index (χ0v) is 13.1. The first-order valence-electron chi connectivity index (χ1n) is 7.06. The molecule has 1 fully saturated rings. The Morgan fingerprint density at radius 3 is 2.71 bits per heavy atom. The van der Waals surface area contributed by atoms with E-state index >= 15 is 0 Å². The summed E-state index contributed by atoms with van der Waals surface area (Å²) in [5.41, 5.74) is 0.596. The fourth-order valence-corrected chi connectivity index (χ4v) is 2.56. The minimum absolute atomic E-state index is 0.241. The molecule has 0 aliphatic carbocycles. The second kappa shape index (κ2) is 7.11. The lowest BCUT2D eigenvalue weighted by Crippen LogP contribution is -2.36. The number of urea groups is 1. The molecule has 1 heterocycles. The molecule has 116 valence electrons. The maximum Gasteiger partial charge on any atom is 0.319 e. The molecule has 5 nitrogen and oxygen atoms in total. The molecule has 1 aliphatic heterocycles. The van der Waals surface area contributed by atoms with Crippen LogP contribution in [0.2, 0.25) is 5.02 Å². The SMILES string of the molecule is C[C@@H](CNC(=O)Nc1ccccc1Cl)CC1(C)OCCO1. The first-order valence-corrected chi connectivity index (χ1v) is 7.43. The fraction of sp³-hybridized carbons (Fsp3) is 0.533. The largest absolute Gasteiger partial charge is 0.348 e. The predicted octanol–water partition coefficient (Wildman–Crippen LogP) is 3.25. The van der Waals surface area contributed by atoms with Crippen molar-refractivity contribution < 1.29 is 14.3 Å². The van der Waals surface area contributed by atoms with Crippen LogP contribution in [0, 0.1) is 5.92 Å². The Balaban J connectivity index is 1.75. The van der Waals surface area contributed by atoms with Gasteiger partial charge in [-0.05, 0) is 25.0 Å². The molecule has 2 rings (SSSR count). The van der Waals surface area contributed by atoms with Crippen molar-refractivity contribution in [2.24, 2.45) is 5.92 Å². The number of anilines is 1. The van der Waals surface area contributed by atoms with E-state index in [0.717, 1.165) is 6.42 Å². The molecule has 21 heavy (non-hydrogen) atoms. The van der Waals surface area contributed by atoms with Gasteiger partial charge in [-0.1, -0.05) is 30.7 Å². The van der Waals surface area contributed by atoms with Crippen molar-refractivity contribution in [1.29, 1.82) is 0 Å². The molecular weight excluding hydrogens is 292 g/mol. The van der Waals surface area contributed by atoms with Crippen LogP contribution in [0.3, 0.4) is 0 Å². The van der Waals surface area contributed by atoms with E-state index in [4.69, 9.17) is 21.1 Å². The Kier molecular flexibility index (Phi) is 5.45. The van der Waals surface area contributed by atoms with Crippen LogP contribution in [0.1, 0.15) is 20.3 Å². The average Bonchev–Trinajstić information content (AvgIpc) is 2.85. The molecule has 0 unspecified atom stereocenters. The highest BCUT2D eigenvalue weighted by Crippen LogP contribution is 2.26. The van der Waals surface area contributed by atoms with Crippen LogP contribution in [-0.2, 0) is 9.47 Å². The fourth-order valence-electron chi connectivity index (χ4n) is 2.38. The van der Waals surface area contributed by atoms with Gasteiger partial charge in [-0.25, -0.2) is 4.79 Å². The summed E-state index contributed by atoms with van der Waals surface area (Å²) in [5.74, 6) is -0.287. The van der Waals surface area contributed by atoms with Crippen LogP contribution in [0.25, 0.3) is 0 Å². The molecule has 2 N–H and O–H groups in total. The summed E-state index contributed by atoms with van der Waals surface area (Å²) in [6, 6.07) is 6.85. The van der Waals surface area contributed by atoms with Gasteiger partial charge in [-0.2, -0.15) is 0 Å². The lowest BCUT2D eigenvalue weighted by atomic mass is 10.0. The van der Waals surface area contributed by atoms with Crippen LogP contribution in [0.4, 0.5) is 10.5 Å². The third-order valence-corrected chi connectivity index (χ3v) is 3.68. The number of hydrogen-bond acceptors (Lipinski definition) is 3. The summed E-state index contributed by atoms with van der Waals surface area (Å²) >= 11 is 5.99. The molecule has 1 aliphatic rings. The van der Waals surface area contributed by atoms with Crippen molar-refractivity contribution >= 4 is 23.3 Å². The van der Waals surface area contributed by atoms with Gasteiger partial charge in [0.25, 0.3) is 0 Å². The molecule has 0 radical (unpaired) electrons. The molecule has 1 saturated heterocycles. The monoisotopic (exact) mass is 312 g/mol. The number of nitrogens with one attached hydrogen (secondary N) is 2. The van der Waals surface area contributed by atoms with Crippen LogP contribution in [-0.4, -0.2) is 31.6 Å². The second-order valence-electron chi connectivity index (χ2n) is 5.45. The third-order valence-electron chi connectivity index (χ3n) is 3.35. The number of ether oxygens (including phenoxy) is 2. The number of halogens is 1. The van der Waals surface area contributed by atoms with Gasteiger partial charge in [-0.15, -0.1) is 0 Å². The van der Waals surface area contributed by atoms with E-state index in [2.05, 4.69) is 10.6 Å². The van der Waals surface area contributed by atoms with E-state index in [1.807, 2.05) is 26.0 Å². The normalized spacial score (nSPS) is 18.2. The van der Waals surface area contributed by atoms with Gasteiger partial charge in [0.2, 0.25) is 0 Å². The van der Waals surface area contributed by atoms with Crippen molar-refractivity contribution in [3.05, 3.63) is 29.3 Å². The van der Waals surface area contributed by atoms with E-state index in [1.165, 1.54) is 0 Å². The average molecular weight is 313 g/mol. The number of rotatable bonds is 5. The lowest BCUT2D eigenvalue weighted by molar-refractivity contribution is -0.153. The second-order valence-corrected chi connectivity index (χ2v) is 5.86. The molecular formula is C15H21ClN2O3. The van der Waals surface area contributed by atoms with E-state index in [0.29, 0.717) is 30.5 Å². The molecule has 0 aromatic heterocycles. The first kappa shape index (κ1) is 16.1. The van der Waals surface area contributed by atoms with Gasteiger partial charge in [-0.3, -0.25) is 0 Å². The van der Waals surface area contributed by atoms with E-state index in [9.17, 15) is 4.79 Å². The predicted molar refractivity (Wildman–Crippen MR) is 82.6 cm³/mol. The van der Waals surface area contributed by atoms with Gasteiger partial charge < -0.3 is 20.1 Å². The summed E-state index contributed by atoms with van der Waals surface area (Å²) in [6.07, 6.45) is 0.735. The summed E-state index contributed by atoms with van der Waals surface area (Å²) < 4.78 is 11.1. The molecule has 0 bridgehead atoms. The van der Waals surface area contributed by atoms with Gasteiger partial charge >= 0.3 is 6.03 Å².